The fourth-order valence-corrected chi connectivity index (χ4v) is 1.30. The second-order valence-electron chi connectivity index (χ2n) is 2.30. The fraction of sp³-hybridized carbons (Fsp3) is 0.167. The Morgan fingerprint density at radius 2 is 2.45 bits per heavy atom. The Morgan fingerprint density at radius 1 is 1.64 bits per heavy atom. The molecular weight excluding hydrogens is 160 g/mol. The zero-order valence-corrected chi connectivity index (χ0v) is 6.48. The van der Waals surface area contributed by atoms with E-state index in [9.17, 15) is 0 Å². The van der Waals surface area contributed by atoms with Gasteiger partial charge in [-0.05, 0) is 0 Å². The standard InChI is InChI=1S/C6H6N4S/c7-4-1-3(11)5-6(10-4)9-2-8-5/h2H,1H2,(H2,7,10)(H,8,9). The first-order valence-electron chi connectivity index (χ1n) is 3.17. The molecule has 1 aliphatic rings. The molecule has 0 unspecified atom stereocenters. The topological polar surface area (TPSA) is 67.1 Å². The van der Waals surface area contributed by atoms with Gasteiger partial charge in [-0.3, -0.25) is 0 Å². The second kappa shape index (κ2) is 2.13. The summed E-state index contributed by atoms with van der Waals surface area (Å²) in [5.41, 5.74) is 6.34. The van der Waals surface area contributed by atoms with Gasteiger partial charge >= 0.3 is 0 Å². The lowest BCUT2D eigenvalue weighted by Gasteiger charge is -2.07. The molecule has 1 aromatic heterocycles. The number of hydrogen-bond acceptors (Lipinski definition) is 4. The first-order chi connectivity index (χ1) is 5.27. The molecule has 0 amide bonds. The molecule has 0 radical (unpaired) electrons. The molecule has 1 aliphatic heterocycles. The van der Waals surface area contributed by atoms with Gasteiger partial charge in [-0.15, -0.1) is 0 Å². The van der Waals surface area contributed by atoms with Gasteiger partial charge in [-0.1, -0.05) is 12.2 Å². The van der Waals surface area contributed by atoms with E-state index in [2.05, 4.69) is 15.0 Å². The van der Waals surface area contributed by atoms with Crippen LogP contribution in [-0.2, 0) is 0 Å². The quantitative estimate of drug-likeness (QED) is 0.552. The van der Waals surface area contributed by atoms with Crippen molar-refractivity contribution in [3.63, 3.8) is 0 Å². The van der Waals surface area contributed by atoms with Crippen molar-refractivity contribution in [1.29, 1.82) is 0 Å². The molecule has 4 nitrogen and oxygen atoms in total. The monoisotopic (exact) mass is 166 g/mol. The van der Waals surface area contributed by atoms with Gasteiger partial charge in [-0.2, -0.15) is 0 Å². The molecule has 2 rings (SSSR count). The molecule has 0 saturated heterocycles. The molecule has 56 valence electrons. The smallest absolute Gasteiger partial charge is 0.180 e. The second-order valence-corrected chi connectivity index (χ2v) is 2.80. The molecular formula is C6H6N4S. The number of nitrogens with zero attached hydrogens (tertiary/aromatic N) is 2. The summed E-state index contributed by atoms with van der Waals surface area (Å²) in [6.45, 7) is 0. The van der Waals surface area contributed by atoms with E-state index in [1.165, 1.54) is 0 Å². The van der Waals surface area contributed by atoms with Gasteiger partial charge in [0, 0.05) is 6.42 Å². The predicted octanol–water partition coefficient (Wildman–Crippen LogP) is 0.520. The Morgan fingerprint density at radius 3 is 3.27 bits per heavy atom. The maximum absolute atomic E-state index is 5.51. The van der Waals surface area contributed by atoms with E-state index in [1.54, 1.807) is 6.33 Å². The molecule has 0 aromatic carbocycles. The zero-order valence-electron chi connectivity index (χ0n) is 5.66. The highest BCUT2D eigenvalue weighted by atomic mass is 32.1. The van der Waals surface area contributed by atoms with Crippen molar-refractivity contribution < 1.29 is 0 Å². The van der Waals surface area contributed by atoms with Crippen molar-refractivity contribution in [3.8, 4) is 0 Å². The maximum Gasteiger partial charge on any atom is 0.180 e. The van der Waals surface area contributed by atoms with Crippen LogP contribution in [0, 0.1) is 0 Å². The lowest BCUT2D eigenvalue weighted by atomic mass is 10.2. The number of aliphatic imine (C=N–C) groups is 1. The van der Waals surface area contributed by atoms with E-state index in [0.29, 0.717) is 18.1 Å². The van der Waals surface area contributed by atoms with E-state index in [0.717, 1.165) is 10.6 Å². The Kier molecular flexibility index (Phi) is 1.25. The molecule has 0 bridgehead atoms. The minimum Gasteiger partial charge on any atom is -0.387 e. The number of amidine groups is 1. The number of nitrogens with one attached hydrogen (secondary N) is 1. The number of aromatic nitrogens is 2. The molecule has 0 saturated carbocycles. The third-order valence-electron chi connectivity index (χ3n) is 1.49. The molecule has 1 aromatic rings. The summed E-state index contributed by atoms with van der Waals surface area (Å²) in [5, 5.41) is 0. The molecule has 3 N–H and O–H groups in total. The van der Waals surface area contributed by atoms with Gasteiger partial charge in [0.15, 0.2) is 5.82 Å². The SMILES string of the molecule is NC1=Nc2nc[nH]c2C(=S)C1. The molecule has 11 heavy (non-hydrogen) atoms. The first kappa shape index (κ1) is 6.48. The zero-order chi connectivity index (χ0) is 7.84. The van der Waals surface area contributed by atoms with Crippen molar-refractivity contribution in [2.24, 2.45) is 10.7 Å². The number of aromatic amines is 1. The van der Waals surface area contributed by atoms with Crippen molar-refractivity contribution >= 4 is 28.7 Å². The van der Waals surface area contributed by atoms with Crippen LogP contribution in [0.4, 0.5) is 5.82 Å². The lowest BCUT2D eigenvalue weighted by molar-refractivity contribution is 1.28. The summed E-state index contributed by atoms with van der Waals surface area (Å²) in [4.78, 5) is 11.7. The van der Waals surface area contributed by atoms with E-state index in [-0.39, 0.29) is 0 Å². The Labute approximate surface area is 68.5 Å². The number of nitrogens with two attached hydrogens (primary N) is 1. The Bertz CT molecular complexity index is 338. The Balaban J connectivity index is 2.60. The lowest BCUT2D eigenvalue weighted by Crippen LogP contribution is -2.19. The van der Waals surface area contributed by atoms with Gasteiger partial charge in [0.25, 0.3) is 0 Å². The largest absolute Gasteiger partial charge is 0.387 e. The highest BCUT2D eigenvalue weighted by Crippen LogP contribution is 2.20. The molecule has 5 heteroatoms. The van der Waals surface area contributed by atoms with Crippen LogP contribution >= 0.6 is 12.2 Å². The van der Waals surface area contributed by atoms with Gasteiger partial charge in [0.1, 0.15) is 5.84 Å². The predicted molar refractivity (Wildman–Crippen MR) is 46.2 cm³/mol. The average molecular weight is 166 g/mol. The molecule has 0 atom stereocenters. The number of imidazole rings is 1. The summed E-state index contributed by atoms with van der Waals surface area (Å²) in [6.07, 6.45) is 2.13. The number of rotatable bonds is 0. The molecule has 0 spiro atoms. The average Bonchev–Trinajstić information content (AvgIpc) is 2.34. The number of hydrogen-bond donors (Lipinski definition) is 2. The van der Waals surface area contributed by atoms with E-state index in [4.69, 9.17) is 18.0 Å². The summed E-state index contributed by atoms with van der Waals surface area (Å²) in [6, 6.07) is 0. The number of thiocarbonyl (C=S) groups is 1. The Hall–Kier alpha value is -1.23. The van der Waals surface area contributed by atoms with E-state index >= 15 is 0 Å². The van der Waals surface area contributed by atoms with Crippen LogP contribution in [-0.4, -0.2) is 20.7 Å². The number of H-pyrrole nitrogens is 1. The first-order valence-corrected chi connectivity index (χ1v) is 3.58. The normalized spacial score (nSPS) is 16.0. The third kappa shape index (κ3) is 0.932. The number of fused-ring (bicyclic) bond motifs is 1. The van der Waals surface area contributed by atoms with Gasteiger partial charge in [-0.25, -0.2) is 9.98 Å². The summed E-state index contributed by atoms with van der Waals surface area (Å²) < 4.78 is 0. The highest BCUT2D eigenvalue weighted by Gasteiger charge is 2.16. The summed E-state index contributed by atoms with van der Waals surface area (Å²) >= 11 is 5.06. The summed E-state index contributed by atoms with van der Waals surface area (Å²) in [7, 11) is 0. The van der Waals surface area contributed by atoms with Crippen LogP contribution < -0.4 is 5.73 Å². The van der Waals surface area contributed by atoms with Crippen molar-refractivity contribution in [2.45, 2.75) is 6.42 Å². The van der Waals surface area contributed by atoms with Crippen LogP contribution in [0.2, 0.25) is 0 Å². The van der Waals surface area contributed by atoms with Crippen molar-refractivity contribution in [3.05, 3.63) is 12.0 Å². The minimum absolute atomic E-state index is 0.537. The van der Waals surface area contributed by atoms with Crippen LogP contribution in [0.3, 0.4) is 0 Å². The fourth-order valence-electron chi connectivity index (χ4n) is 1.01. The third-order valence-corrected chi connectivity index (χ3v) is 1.84. The van der Waals surface area contributed by atoms with Crippen LogP contribution in [0.1, 0.15) is 12.1 Å². The summed E-state index contributed by atoms with van der Waals surface area (Å²) in [5.74, 6) is 1.15. The van der Waals surface area contributed by atoms with Gasteiger partial charge < -0.3 is 10.7 Å². The van der Waals surface area contributed by atoms with E-state index in [1.807, 2.05) is 0 Å². The van der Waals surface area contributed by atoms with Crippen LogP contribution in [0.25, 0.3) is 0 Å². The van der Waals surface area contributed by atoms with Gasteiger partial charge in [0.05, 0.1) is 16.9 Å². The maximum atomic E-state index is 5.51. The molecule has 0 fully saturated rings. The van der Waals surface area contributed by atoms with Crippen molar-refractivity contribution in [1.82, 2.24) is 9.97 Å². The van der Waals surface area contributed by atoms with Crippen LogP contribution in [0.5, 0.6) is 0 Å². The highest BCUT2D eigenvalue weighted by molar-refractivity contribution is 7.81. The minimum atomic E-state index is 0.537. The van der Waals surface area contributed by atoms with Crippen molar-refractivity contribution in [2.75, 3.05) is 0 Å². The molecule has 0 aliphatic carbocycles. The molecule has 2 heterocycles. The van der Waals surface area contributed by atoms with E-state index < -0.39 is 0 Å². The van der Waals surface area contributed by atoms with Gasteiger partial charge in [0.2, 0.25) is 0 Å². The van der Waals surface area contributed by atoms with Crippen LogP contribution in [0.15, 0.2) is 11.3 Å².